The molecule has 1 heterocycles. The van der Waals surface area contributed by atoms with Crippen LogP contribution in [0.25, 0.3) is 0 Å². The van der Waals surface area contributed by atoms with Gasteiger partial charge in [-0.25, -0.2) is 4.79 Å². The Morgan fingerprint density at radius 1 is 1.37 bits per heavy atom. The lowest BCUT2D eigenvalue weighted by atomic mass is 10.1. The van der Waals surface area contributed by atoms with Gasteiger partial charge in [0.2, 0.25) is 0 Å². The predicted octanol–water partition coefficient (Wildman–Crippen LogP) is 1.34. The van der Waals surface area contributed by atoms with Crippen LogP contribution in [0.15, 0.2) is 24.3 Å². The van der Waals surface area contributed by atoms with Crippen molar-refractivity contribution < 1.29 is 9.90 Å². The number of nitrogens with one attached hydrogen (secondary N) is 1. The molecule has 4 nitrogen and oxygen atoms in total. The summed E-state index contributed by atoms with van der Waals surface area (Å²) in [6, 6.07) is 7.67. The highest BCUT2D eigenvalue weighted by Gasteiger charge is 2.16. The summed E-state index contributed by atoms with van der Waals surface area (Å²) in [4.78, 5) is 13.7. The molecule has 0 spiro atoms. The van der Waals surface area contributed by atoms with Crippen LogP contribution >= 0.6 is 0 Å². The van der Waals surface area contributed by atoms with Crippen molar-refractivity contribution in [2.45, 2.75) is 19.4 Å². The molecule has 4 heteroatoms. The van der Waals surface area contributed by atoms with E-state index >= 15 is 0 Å². The first-order valence-electron chi connectivity index (χ1n) is 6.51. The van der Waals surface area contributed by atoms with Crippen LogP contribution in [0.5, 0.6) is 0 Å². The third-order valence-electron chi connectivity index (χ3n) is 3.08. The Balaban J connectivity index is 1.90. The van der Waals surface area contributed by atoms with Crippen molar-refractivity contribution in [1.29, 1.82) is 0 Å². The summed E-state index contributed by atoms with van der Waals surface area (Å²) < 4.78 is 0. The molecule has 0 bridgehead atoms. The molecule has 2 rings (SSSR count). The largest absolute Gasteiger partial charge is 0.384 e. The lowest BCUT2D eigenvalue weighted by Crippen LogP contribution is -2.37. The Kier molecular flexibility index (Phi) is 4.82. The van der Waals surface area contributed by atoms with E-state index in [0.717, 1.165) is 37.1 Å². The zero-order valence-electron chi connectivity index (χ0n) is 10.9. The van der Waals surface area contributed by atoms with Gasteiger partial charge in [-0.3, -0.25) is 0 Å². The second-order valence-electron chi connectivity index (χ2n) is 4.51. The Morgan fingerprint density at radius 2 is 2.16 bits per heavy atom. The number of benzene rings is 1. The van der Waals surface area contributed by atoms with Crippen LogP contribution in [0.1, 0.15) is 24.0 Å². The van der Waals surface area contributed by atoms with Gasteiger partial charge in [-0.2, -0.15) is 0 Å². The van der Waals surface area contributed by atoms with Gasteiger partial charge >= 0.3 is 6.03 Å². The number of carbonyl (C=O) groups excluding carboxylic acids is 1. The number of aliphatic hydroxyl groups is 1. The highest BCUT2D eigenvalue weighted by molar-refractivity contribution is 5.74. The van der Waals surface area contributed by atoms with E-state index in [9.17, 15) is 4.79 Å². The topological polar surface area (TPSA) is 52.6 Å². The number of carbonyl (C=O) groups is 1. The SMILES string of the molecule is O=C(NCc1cccc(C#CCO)c1)N1CCCC1. The van der Waals surface area contributed by atoms with Crippen molar-refractivity contribution in [2.75, 3.05) is 19.7 Å². The minimum Gasteiger partial charge on any atom is -0.384 e. The summed E-state index contributed by atoms with van der Waals surface area (Å²) in [5.41, 5.74) is 1.86. The maximum absolute atomic E-state index is 11.8. The van der Waals surface area contributed by atoms with Crippen molar-refractivity contribution in [2.24, 2.45) is 0 Å². The van der Waals surface area contributed by atoms with E-state index in [1.807, 2.05) is 29.2 Å². The first-order valence-corrected chi connectivity index (χ1v) is 6.51. The van der Waals surface area contributed by atoms with Crippen LogP contribution in [-0.2, 0) is 6.54 Å². The van der Waals surface area contributed by atoms with Crippen molar-refractivity contribution in [1.82, 2.24) is 10.2 Å². The molecular weight excluding hydrogens is 240 g/mol. The smallest absolute Gasteiger partial charge is 0.317 e. The molecule has 0 radical (unpaired) electrons. The fourth-order valence-electron chi connectivity index (χ4n) is 2.11. The van der Waals surface area contributed by atoms with Gasteiger partial charge in [0.25, 0.3) is 0 Å². The Morgan fingerprint density at radius 3 is 2.89 bits per heavy atom. The standard InChI is InChI=1S/C15H18N2O2/c18-10-4-7-13-5-3-6-14(11-13)12-16-15(19)17-8-1-2-9-17/h3,5-6,11,18H,1-2,8-10,12H2,(H,16,19). The summed E-state index contributed by atoms with van der Waals surface area (Å²) >= 11 is 0. The van der Waals surface area contributed by atoms with E-state index in [4.69, 9.17) is 5.11 Å². The Labute approximate surface area is 113 Å². The molecule has 0 aromatic heterocycles. The summed E-state index contributed by atoms with van der Waals surface area (Å²) in [6.07, 6.45) is 2.19. The van der Waals surface area contributed by atoms with Crippen LogP contribution in [-0.4, -0.2) is 35.7 Å². The molecule has 1 fully saturated rings. The van der Waals surface area contributed by atoms with E-state index < -0.39 is 0 Å². The maximum Gasteiger partial charge on any atom is 0.317 e. The van der Waals surface area contributed by atoms with Gasteiger partial charge in [-0.1, -0.05) is 24.0 Å². The Bertz CT molecular complexity index is 496. The van der Waals surface area contributed by atoms with Crippen molar-refractivity contribution in [3.05, 3.63) is 35.4 Å². The summed E-state index contributed by atoms with van der Waals surface area (Å²) in [6.45, 7) is 2.07. The molecule has 1 aromatic carbocycles. The lowest BCUT2D eigenvalue weighted by molar-refractivity contribution is 0.208. The van der Waals surface area contributed by atoms with Gasteiger partial charge in [-0.15, -0.1) is 0 Å². The molecule has 0 atom stereocenters. The van der Waals surface area contributed by atoms with Gasteiger partial charge in [0.1, 0.15) is 6.61 Å². The summed E-state index contributed by atoms with van der Waals surface area (Å²) in [5.74, 6) is 5.47. The van der Waals surface area contributed by atoms with Crippen LogP contribution in [0.3, 0.4) is 0 Å². The number of aliphatic hydroxyl groups excluding tert-OH is 1. The molecule has 0 aliphatic carbocycles. The minimum absolute atomic E-state index is 0.00402. The van der Waals surface area contributed by atoms with Crippen LogP contribution in [0.4, 0.5) is 4.79 Å². The zero-order chi connectivity index (χ0) is 13.5. The quantitative estimate of drug-likeness (QED) is 0.786. The third-order valence-corrected chi connectivity index (χ3v) is 3.08. The number of hydrogen-bond acceptors (Lipinski definition) is 2. The summed E-state index contributed by atoms with van der Waals surface area (Å²) in [5, 5.41) is 11.6. The molecule has 1 aliphatic rings. The fourth-order valence-corrected chi connectivity index (χ4v) is 2.11. The molecule has 1 saturated heterocycles. The first-order chi connectivity index (χ1) is 9.29. The van der Waals surface area contributed by atoms with Crippen molar-refractivity contribution in [3.63, 3.8) is 0 Å². The predicted molar refractivity (Wildman–Crippen MR) is 73.4 cm³/mol. The molecule has 2 N–H and O–H groups in total. The highest BCUT2D eigenvalue weighted by Crippen LogP contribution is 2.08. The number of rotatable bonds is 2. The van der Waals surface area contributed by atoms with Crippen molar-refractivity contribution >= 4 is 6.03 Å². The molecule has 100 valence electrons. The van der Waals surface area contributed by atoms with Crippen LogP contribution in [0, 0.1) is 11.8 Å². The molecule has 0 unspecified atom stereocenters. The highest BCUT2D eigenvalue weighted by atomic mass is 16.2. The number of hydrogen-bond donors (Lipinski definition) is 2. The molecule has 1 aliphatic heterocycles. The monoisotopic (exact) mass is 258 g/mol. The number of amides is 2. The molecule has 2 amide bonds. The normalized spacial score (nSPS) is 13.8. The number of nitrogens with zero attached hydrogens (tertiary/aromatic N) is 1. The van der Waals surface area contributed by atoms with Crippen molar-refractivity contribution in [3.8, 4) is 11.8 Å². The maximum atomic E-state index is 11.8. The van der Waals surface area contributed by atoms with E-state index in [0.29, 0.717) is 6.54 Å². The fraction of sp³-hybridized carbons (Fsp3) is 0.400. The van der Waals surface area contributed by atoms with Gasteiger partial charge in [0.05, 0.1) is 0 Å². The third kappa shape index (κ3) is 4.01. The number of likely N-dealkylation sites (tertiary alicyclic amines) is 1. The first kappa shape index (κ1) is 13.4. The second kappa shape index (κ2) is 6.81. The second-order valence-corrected chi connectivity index (χ2v) is 4.51. The van der Waals surface area contributed by atoms with Gasteiger partial charge in [-0.05, 0) is 30.5 Å². The van der Waals surface area contributed by atoms with E-state index in [1.165, 1.54) is 0 Å². The molecular formula is C15H18N2O2. The van der Waals surface area contributed by atoms with Gasteiger partial charge < -0.3 is 15.3 Å². The number of urea groups is 1. The van der Waals surface area contributed by atoms with Crippen LogP contribution in [0.2, 0.25) is 0 Å². The molecule has 19 heavy (non-hydrogen) atoms. The molecule has 0 saturated carbocycles. The average molecular weight is 258 g/mol. The van der Waals surface area contributed by atoms with Gasteiger partial charge in [0, 0.05) is 25.2 Å². The van der Waals surface area contributed by atoms with Gasteiger partial charge in [0.15, 0.2) is 0 Å². The van der Waals surface area contributed by atoms with Crippen LogP contribution < -0.4 is 5.32 Å². The van der Waals surface area contributed by atoms with E-state index in [2.05, 4.69) is 17.2 Å². The Hall–Kier alpha value is -1.99. The lowest BCUT2D eigenvalue weighted by Gasteiger charge is -2.16. The minimum atomic E-state index is -0.143. The summed E-state index contributed by atoms with van der Waals surface area (Å²) in [7, 11) is 0. The molecule has 1 aromatic rings. The van der Waals surface area contributed by atoms with E-state index in [1.54, 1.807) is 0 Å². The van der Waals surface area contributed by atoms with E-state index in [-0.39, 0.29) is 12.6 Å². The zero-order valence-corrected chi connectivity index (χ0v) is 10.9. The average Bonchev–Trinajstić information content (AvgIpc) is 2.97.